The summed E-state index contributed by atoms with van der Waals surface area (Å²) >= 11 is 0. The molecule has 3 aromatic rings. The first kappa shape index (κ1) is 17.8. The first-order valence-corrected chi connectivity index (χ1v) is 7.75. The third kappa shape index (κ3) is 3.22. The van der Waals surface area contributed by atoms with Gasteiger partial charge in [-0.2, -0.15) is 0 Å². The Bertz CT molecular complexity index is 970. The van der Waals surface area contributed by atoms with E-state index in [4.69, 9.17) is 4.74 Å². The van der Waals surface area contributed by atoms with E-state index in [1.807, 2.05) is 7.05 Å². The number of amides is 1. The maximum absolute atomic E-state index is 13.7. The zero-order valence-corrected chi connectivity index (χ0v) is 14.1. The van der Waals surface area contributed by atoms with Crippen molar-refractivity contribution in [2.45, 2.75) is 13.0 Å². The van der Waals surface area contributed by atoms with Crippen LogP contribution in [0.2, 0.25) is 0 Å². The van der Waals surface area contributed by atoms with Crippen molar-refractivity contribution in [3.63, 3.8) is 0 Å². The van der Waals surface area contributed by atoms with Gasteiger partial charge >= 0.3 is 0 Å². The molecule has 0 atom stereocenters. The molecule has 0 radical (unpaired) electrons. The number of aromatic nitrogens is 2. The van der Waals surface area contributed by atoms with Gasteiger partial charge in [0.2, 0.25) is 0 Å². The lowest BCUT2D eigenvalue weighted by atomic mass is 10.1. The van der Waals surface area contributed by atoms with Crippen LogP contribution < -0.4 is 10.1 Å². The Morgan fingerprint density at radius 1 is 1.31 bits per heavy atom. The first-order valence-electron chi connectivity index (χ1n) is 7.75. The quantitative estimate of drug-likeness (QED) is 0.754. The topological polar surface area (TPSA) is 56.1 Å². The van der Waals surface area contributed by atoms with Crippen LogP contribution in [0.25, 0.3) is 11.0 Å². The number of carbonyl (C=O) groups is 1. The van der Waals surface area contributed by atoms with Crippen molar-refractivity contribution < 1.29 is 22.7 Å². The van der Waals surface area contributed by atoms with Gasteiger partial charge < -0.3 is 14.6 Å². The van der Waals surface area contributed by atoms with Crippen LogP contribution in [0, 0.1) is 5.82 Å². The Morgan fingerprint density at radius 2 is 2.08 bits per heavy atom. The number of nitrogens with zero attached hydrogens (tertiary/aromatic N) is 2. The van der Waals surface area contributed by atoms with Crippen molar-refractivity contribution >= 4 is 16.9 Å². The van der Waals surface area contributed by atoms with Gasteiger partial charge in [0.25, 0.3) is 12.3 Å². The SMILES string of the molecule is COc1ccc2ncn(C)c2c1CNC(=O)c1ccc(C(F)F)c(F)c1. The average Bonchev–Trinajstić information content (AvgIpc) is 3.00. The number of fused-ring (bicyclic) bond motifs is 1. The van der Waals surface area contributed by atoms with E-state index >= 15 is 0 Å². The second kappa shape index (κ2) is 7.07. The van der Waals surface area contributed by atoms with Crippen LogP contribution in [-0.2, 0) is 13.6 Å². The monoisotopic (exact) mass is 363 g/mol. The maximum Gasteiger partial charge on any atom is 0.266 e. The fourth-order valence-electron chi connectivity index (χ4n) is 2.79. The van der Waals surface area contributed by atoms with E-state index in [1.54, 1.807) is 23.0 Å². The van der Waals surface area contributed by atoms with E-state index in [1.165, 1.54) is 13.2 Å². The Kier molecular flexibility index (Phi) is 4.83. The number of rotatable bonds is 5. The summed E-state index contributed by atoms with van der Waals surface area (Å²) in [7, 11) is 3.33. The molecule has 8 heteroatoms. The number of halogens is 3. The molecule has 3 rings (SSSR count). The molecule has 1 N–H and O–H groups in total. The number of carbonyl (C=O) groups excluding carboxylic acids is 1. The van der Waals surface area contributed by atoms with E-state index < -0.39 is 23.7 Å². The van der Waals surface area contributed by atoms with Crippen molar-refractivity contribution in [1.29, 1.82) is 0 Å². The minimum absolute atomic E-state index is 0.0388. The number of benzene rings is 2. The molecule has 0 spiro atoms. The predicted molar refractivity (Wildman–Crippen MR) is 89.8 cm³/mol. The lowest BCUT2D eigenvalue weighted by molar-refractivity contribution is 0.0949. The standard InChI is InChI=1S/C18H16F3N3O2/c1-24-9-23-14-5-6-15(26-2)12(16(14)24)8-22-18(25)10-3-4-11(17(20)21)13(19)7-10/h3-7,9,17H,8H2,1-2H3,(H,22,25). The number of aryl methyl sites for hydroxylation is 1. The van der Waals surface area contributed by atoms with Gasteiger partial charge in [0.1, 0.15) is 11.6 Å². The van der Waals surface area contributed by atoms with E-state index in [9.17, 15) is 18.0 Å². The largest absolute Gasteiger partial charge is 0.496 e. The fourth-order valence-corrected chi connectivity index (χ4v) is 2.79. The fraction of sp³-hybridized carbons (Fsp3) is 0.222. The molecule has 1 heterocycles. The molecule has 0 aliphatic heterocycles. The highest BCUT2D eigenvalue weighted by Crippen LogP contribution is 2.27. The van der Waals surface area contributed by atoms with Crippen LogP contribution in [0.3, 0.4) is 0 Å². The molecule has 0 saturated heterocycles. The molecule has 0 saturated carbocycles. The highest BCUT2D eigenvalue weighted by atomic mass is 19.3. The van der Waals surface area contributed by atoms with Gasteiger partial charge in [0.05, 0.1) is 30.0 Å². The molecule has 0 aliphatic rings. The number of hydrogen-bond acceptors (Lipinski definition) is 3. The van der Waals surface area contributed by atoms with Crippen LogP contribution in [0.1, 0.15) is 27.9 Å². The summed E-state index contributed by atoms with van der Waals surface area (Å²) in [5.74, 6) is -1.12. The van der Waals surface area contributed by atoms with Crippen molar-refractivity contribution in [1.82, 2.24) is 14.9 Å². The Balaban J connectivity index is 1.85. The zero-order chi connectivity index (χ0) is 18.8. The van der Waals surface area contributed by atoms with Gasteiger partial charge in [-0.3, -0.25) is 4.79 Å². The zero-order valence-electron chi connectivity index (χ0n) is 14.1. The minimum Gasteiger partial charge on any atom is -0.496 e. The third-order valence-corrected chi connectivity index (χ3v) is 4.08. The van der Waals surface area contributed by atoms with E-state index in [0.29, 0.717) is 11.3 Å². The molecule has 5 nitrogen and oxygen atoms in total. The van der Waals surface area contributed by atoms with E-state index in [2.05, 4.69) is 10.3 Å². The third-order valence-electron chi connectivity index (χ3n) is 4.08. The number of imidazole rings is 1. The van der Waals surface area contributed by atoms with Gasteiger partial charge in [-0.25, -0.2) is 18.2 Å². The highest BCUT2D eigenvalue weighted by molar-refractivity contribution is 5.94. The second-order valence-corrected chi connectivity index (χ2v) is 5.69. The van der Waals surface area contributed by atoms with Crippen LogP contribution in [0.15, 0.2) is 36.7 Å². The number of alkyl halides is 2. The highest BCUT2D eigenvalue weighted by Gasteiger charge is 2.17. The molecule has 0 bridgehead atoms. The number of methoxy groups -OCH3 is 1. The molecule has 2 aromatic carbocycles. The average molecular weight is 363 g/mol. The summed E-state index contributed by atoms with van der Waals surface area (Å²) in [5.41, 5.74) is 1.47. The predicted octanol–water partition coefficient (Wildman–Crippen LogP) is 3.59. The summed E-state index contributed by atoms with van der Waals surface area (Å²) in [6, 6.07) is 6.43. The normalized spacial score (nSPS) is 11.2. The van der Waals surface area contributed by atoms with Gasteiger partial charge in [0.15, 0.2) is 0 Å². The lowest BCUT2D eigenvalue weighted by Gasteiger charge is -2.12. The Morgan fingerprint density at radius 3 is 2.73 bits per heavy atom. The number of nitrogens with one attached hydrogen (secondary N) is 1. The van der Waals surface area contributed by atoms with Crippen molar-refractivity contribution in [2.24, 2.45) is 7.05 Å². The molecule has 136 valence electrons. The molecular weight excluding hydrogens is 347 g/mol. The smallest absolute Gasteiger partial charge is 0.266 e. The van der Waals surface area contributed by atoms with Crippen molar-refractivity contribution in [2.75, 3.05) is 7.11 Å². The molecule has 26 heavy (non-hydrogen) atoms. The Hall–Kier alpha value is -3.03. The molecule has 1 aromatic heterocycles. The van der Waals surface area contributed by atoms with Gasteiger partial charge in [-0.1, -0.05) is 0 Å². The summed E-state index contributed by atoms with van der Waals surface area (Å²) in [6.45, 7) is 0.108. The van der Waals surface area contributed by atoms with Crippen LogP contribution in [0.4, 0.5) is 13.2 Å². The minimum atomic E-state index is -2.93. The number of ether oxygens (including phenoxy) is 1. The summed E-state index contributed by atoms with van der Waals surface area (Å²) in [6.07, 6.45) is -1.28. The molecule has 0 aliphatic carbocycles. The number of hydrogen-bond donors (Lipinski definition) is 1. The summed E-state index contributed by atoms with van der Waals surface area (Å²) in [5, 5.41) is 2.66. The van der Waals surface area contributed by atoms with E-state index in [-0.39, 0.29) is 12.1 Å². The van der Waals surface area contributed by atoms with Gasteiger partial charge in [0, 0.05) is 24.7 Å². The van der Waals surface area contributed by atoms with Crippen LogP contribution >= 0.6 is 0 Å². The second-order valence-electron chi connectivity index (χ2n) is 5.69. The van der Waals surface area contributed by atoms with Crippen LogP contribution in [-0.4, -0.2) is 22.6 Å². The van der Waals surface area contributed by atoms with Crippen molar-refractivity contribution in [3.05, 3.63) is 59.2 Å². The van der Waals surface area contributed by atoms with Crippen LogP contribution in [0.5, 0.6) is 5.75 Å². The summed E-state index contributed by atoms with van der Waals surface area (Å²) in [4.78, 5) is 16.5. The van der Waals surface area contributed by atoms with Gasteiger partial charge in [-0.15, -0.1) is 0 Å². The maximum atomic E-state index is 13.7. The molecular formula is C18H16F3N3O2. The first-order chi connectivity index (χ1) is 12.4. The lowest BCUT2D eigenvalue weighted by Crippen LogP contribution is -2.23. The molecule has 0 unspecified atom stereocenters. The van der Waals surface area contributed by atoms with Gasteiger partial charge in [-0.05, 0) is 30.3 Å². The van der Waals surface area contributed by atoms with Crippen molar-refractivity contribution in [3.8, 4) is 5.75 Å². The molecule has 1 amide bonds. The Labute approximate surface area is 147 Å². The van der Waals surface area contributed by atoms with E-state index in [0.717, 1.165) is 23.2 Å². The summed E-state index contributed by atoms with van der Waals surface area (Å²) < 4.78 is 46.0. The molecule has 0 fully saturated rings.